The summed E-state index contributed by atoms with van der Waals surface area (Å²) >= 11 is 9.73. The van der Waals surface area contributed by atoms with Gasteiger partial charge in [0.15, 0.2) is 11.0 Å². The lowest BCUT2D eigenvalue weighted by Gasteiger charge is -2.11. The molecule has 0 saturated heterocycles. The molecule has 4 rings (SSSR count). The van der Waals surface area contributed by atoms with Crippen molar-refractivity contribution in [3.8, 4) is 17.1 Å². The highest BCUT2D eigenvalue weighted by Crippen LogP contribution is 2.29. The molecule has 0 aliphatic rings. The lowest BCUT2D eigenvalue weighted by Crippen LogP contribution is -2.14. The van der Waals surface area contributed by atoms with Crippen molar-refractivity contribution in [2.45, 2.75) is 5.16 Å². The maximum Gasteiger partial charge on any atom is 0.234 e. The predicted molar refractivity (Wildman–Crippen MR) is 128 cm³/mol. The number of amides is 1. The van der Waals surface area contributed by atoms with Crippen LogP contribution >= 0.6 is 46.0 Å². The van der Waals surface area contributed by atoms with E-state index in [1.165, 1.54) is 11.8 Å². The van der Waals surface area contributed by atoms with Gasteiger partial charge in [-0.15, -0.1) is 10.2 Å². The first-order valence-electron chi connectivity index (χ1n) is 8.90. The first-order chi connectivity index (χ1) is 14.6. The number of pyridine rings is 1. The highest BCUT2D eigenvalue weighted by Gasteiger charge is 2.17. The number of halogens is 2. The molecule has 0 spiro atoms. The van der Waals surface area contributed by atoms with E-state index in [4.69, 9.17) is 11.6 Å². The van der Waals surface area contributed by atoms with Crippen LogP contribution in [0.2, 0.25) is 5.02 Å². The standard InChI is InChI=1S/C21H15ClIN5OS/c22-15-3-1-6-18(11-15)28-20(14-7-9-24-10-8-14)26-27-21(28)30-13-19(29)25-17-5-2-4-16(23)12-17/h1-12H,13H2,(H,25,29). The summed E-state index contributed by atoms with van der Waals surface area (Å²) < 4.78 is 2.95. The molecule has 0 fully saturated rings. The summed E-state index contributed by atoms with van der Waals surface area (Å²) in [4.78, 5) is 16.5. The second kappa shape index (κ2) is 9.59. The van der Waals surface area contributed by atoms with Crippen molar-refractivity contribution in [2.24, 2.45) is 0 Å². The molecule has 2 heterocycles. The molecular formula is C21H15ClIN5OS. The van der Waals surface area contributed by atoms with Crippen LogP contribution < -0.4 is 5.32 Å². The van der Waals surface area contributed by atoms with Crippen molar-refractivity contribution in [2.75, 3.05) is 11.1 Å². The summed E-state index contributed by atoms with van der Waals surface area (Å²) in [6.07, 6.45) is 3.40. The summed E-state index contributed by atoms with van der Waals surface area (Å²) in [6.45, 7) is 0. The van der Waals surface area contributed by atoms with Gasteiger partial charge in [-0.1, -0.05) is 35.5 Å². The van der Waals surface area contributed by atoms with Gasteiger partial charge in [0.2, 0.25) is 5.91 Å². The molecule has 0 saturated carbocycles. The summed E-state index contributed by atoms with van der Waals surface area (Å²) in [7, 11) is 0. The Morgan fingerprint density at radius 3 is 2.63 bits per heavy atom. The fourth-order valence-corrected chi connectivity index (χ4v) is 4.27. The Labute approximate surface area is 196 Å². The van der Waals surface area contributed by atoms with E-state index >= 15 is 0 Å². The quantitative estimate of drug-likeness (QED) is 0.261. The summed E-state index contributed by atoms with van der Waals surface area (Å²) in [5.74, 6) is 0.730. The molecule has 0 aliphatic carbocycles. The number of thioether (sulfide) groups is 1. The van der Waals surface area contributed by atoms with Gasteiger partial charge in [0, 0.05) is 32.2 Å². The van der Waals surface area contributed by atoms with Gasteiger partial charge in [-0.05, 0) is 71.1 Å². The number of benzene rings is 2. The molecule has 1 amide bonds. The number of hydrogen-bond donors (Lipinski definition) is 1. The topological polar surface area (TPSA) is 72.7 Å². The summed E-state index contributed by atoms with van der Waals surface area (Å²) in [5, 5.41) is 12.8. The van der Waals surface area contributed by atoms with Crippen molar-refractivity contribution in [3.63, 3.8) is 0 Å². The van der Waals surface area contributed by atoms with E-state index in [0.717, 1.165) is 20.5 Å². The number of carbonyl (C=O) groups excluding carboxylic acids is 1. The van der Waals surface area contributed by atoms with E-state index in [-0.39, 0.29) is 11.7 Å². The van der Waals surface area contributed by atoms with Crippen molar-refractivity contribution < 1.29 is 4.79 Å². The largest absolute Gasteiger partial charge is 0.325 e. The Kier molecular flexibility index (Phi) is 6.66. The number of rotatable bonds is 6. The van der Waals surface area contributed by atoms with Crippen LogP contribution in [-0.4, -0.2) is 31.4 Å². The Hall–Kier alpha value is -2.43. The average molecular weight is 548 g/mol. The van der Waals surface area contributed by atoms with Crippen LogP contribution in [0.1, 0.15) is 0 Å². The van der Waals surface area contributed by atoms with Gasteiger partial charge in [-0.25, -0.2) is 0 Å². The molecule has 150 valence electrons. The maximum absolute atomic E-state index is 12.5. The van der Waals surface area contributed by atoms with Gasteiger partial charge in [0.1, 0.15) is 0 Å². The average Bonchev–Trinajstić information content (AvgIpc) is 3.17. The third kappa shape index (κ3) is 5.00. The van der Waals surface area contributed by atoms with Crippen molar-refractivity contribution in [3.05, 3.63) is 81.7 Å². The van der Waals surface area contributed by atoms with Gasteiger partial charge < -0.3 is 5.32 Å². The zero-order valence-electron chi connectivity index (χ0n) is 15.5. The fourth-order valence-electron chi connectivity index (χ4n) is 2.79. The Bertz CT molecular complexity index is 1190. The number of carbonyl (C=O) groups is 1. The molecule has 0 unspecified atom stereocenters. The Morgan fingerprint density at radius 2 is 1.87 bits per heavy atom. The SMILES string of the molecule is O=C(CSc1nnc(-c2ccncc2)n1-c1cccc(Cl)c1)Nc1cccc(I)c1. The molecule has 1 N–H and O–H groups in total. The first kappa shape index (κ1) is 20.8. The van der Waals surface area contributed by atoms with Crippen LogP contribution in [0.3, 0.4) is 0 Å². The van der Waals surface area contributed by atoms with Crippen molar-refractivity contribution in [1.82, 2.24) is 19.7 Å². The number of nitrogens with zero attached hydrogens (tertiary/aromatic N) is 4. The molecule has 2 aromatic heterocycles. The number of hydrogen-bond acceptors (Lipinski definition) is 5. The van der Waals surface area contributed by atoms with E-state index in [1.54, 1.807) is 12.4 Å². The molecule has 6 nitrogen and oxygen atoms in total. The summed E-state index contributed by atoms with van der Waals surface area (Å²) in [5.41, 5.74) is 2.45. The maximum atomic E-state index is 12.5. The highest BCUT2D eigenvalue weighted by molar-refractivity contribution is 14.1. The normalized spacial score (nSPS) is 10.7. The third-order valence-corrected chi connectivity index (χ3v) is 5.91. The molecule has 2 aromatic carbocycles. The zero-order valence-corrected chi connectivity index (χ0v) is 19.2. The monoisotopic (exact) mass is 547 g/mol. The van der Waals surface area contributed by atoms with Crippen LogP contribution in [0.4, 0.5) is 5.69 Å². The molecule has 30 heavy (non-hydrogen) atoms. The summed E-state index contributed by atoms with van der Waals surface area (Å²) in [6, 6.07) is 18.8. The van der Waals surface area contributed by atoms with E-state index in [9.17, 15) is 4.79 Å². The first-order valence-corrected chi connectivity index (χ1v) is 11.3. The molecule has 0 aliphatic heterocycles. The van der Waals surface area contributed by atoms with Crippen LogP contribution in [-0.2, 0) is 4.79 Å². The van der Waals surface area contributed by atoms with Gasteiger partial charge >= 0.3 is 0 Å². The van der Waals surface area contributed by atoms with Crippen molar-refractivity contribution in [1.29, 1.82) is 0 Å². The minimum Gasteiger partial charge on any atom is -0.325 e. The van der Waals surface area contributed by atoms with E-state index in [1.807, 2.05) is 65.2 Å². The van der Waals surface area contributed by atoms with Crippen LogP contribution in [0, 0.1) is 3.57 Å². The molecule has 0 atom stereocenters. The highest BCUT2D eigenvalue weighted by atomic mass is 127. The molecular weight excluding hydrogens is 533 g/mol. The van der Waals surface area contributed by atoms with Crippen molar-refractivity contribution >= 4 is 57.5 Å². The lowest BCUT2D eigenvalue weighted by molar-refractivity contribution is -0.113. The van der Waals surface area contributed by atoms with Gasteiger partial charge in [-0.2, -0.15) is 0 Å². The van der Waals surface area contributed by atoms with E-state index in [0.29, 0.717) is 16.0 Å². The second-order valence-corrected chi connectivity index (χ2v) is 8.83. The zero-order chi connectivity index (χ0) is 20.9. The van der Waals surface area contributed by atoms with Crippen LogP contribution in [0.25, 0.3) is 17.1 Å². The predicted octanol–water partition coefficient (Wildman–Crippen LogP) is 5.32. The van der Waals surface area contributed by atoms with Gasteiger partial charge in [-0.3, -0.25) is 14.3 Å². The van der Waals surface area contributed by atoms with E-state index in [2.05, 4.69) is 43.1 Å². The minimum absolute atomic E-state index is 0.117. The van der Waals surface area contributed by atoms with E-state index < -0.39 is 0 Å². The smallest absolute Gasteiger partial charge is 0.234 e. The second-order valence-electron chi connectivity index (χ2n) is 6.20. The van der Waals surface area contributed by atoms with Gasteiger partial charge in [0.25, 0.3) is 0 Å². The Balaban J connectivity index is 1.60. The lowest BCUT2D eigenvalue weighted by atomic mass is 10.2. The van der Waals surface area contributed by atoms with Gasteiger partial charge in [0.05, 0.1) is 11.4 Å². The molecule has 0 radical (unpaired) electrons. The number of anilines is 1. The third-order valence-electron chi connectivity index (χ3n) is 4.08. The fraction of sp³-hybridized carbons (Fsp3) is 0.0476. The number of aromatic nitrogens is 4. The van der Waals surface area contributed by atoms with Crippen LogP contribution in [0.5, 0.6) is 0 Å². The number of nitrogens with one attached hydrogen (secondary N) is 1. The van der Waals surface area contributed by atoms with Crippen LogP contribution in [0.15, 0.2) is 78.2 Å². The minimum atomic E-state index is -0.117. The Morgan fingerprint density at radius 1 is 1.07 bits per heavy atom. The molecule has 9 heteroatoms. The molecule has 4 aromatic rings. The molecule has 0 bridgehead atoms.